The van der Waals surface area contributed by atoms with Crippen molar-refractivity contribution in [3.8, 4) is 11.3 Å². The number of hydrogen-bond acceptors (Lipinski definition) is 5. The first-order valence-corrected chi connectivity index (χ1v) is 23.1. The Hall–Kier alpha value is -2.70. The molecule has 0 aliphatic rings. The van der Waals surface area contributed by atoms with Gasteiger partial charge in [-0.2, -0.15) is 0 Å². The van der Waals surface area contributed by atoms with Gasteiger partial charge in [0.25, 0.3) is 0 Å². The van der Waals surface area contributed by atoms with Gasteiger partial charge in [0.15, 0.2) is 5.78 Å². The summed E-state index contributed by atoms with van der Waals surface area (Å²) in [6.45, 7) is 30.7. The Kier molecular flexibility index (Phi) is 14.8. The molecule has 5 rings (SSSR count). The minimum absolute atomic E-state index is 0. The van der Waals surface area contributed by atoms with Crippen LogP contribution in [0.4, 0.5) is 0 Å². The van der Waals surface area contributed by atoms with Crippen LogP contribution < -0.4 is 5.19 Å². The van der Waals surface area contributed by atoms with E-state index in [2.05, 4.69) is 155 Å². The molecule has 0 saturated carbocycles. The molecule has 283 valence electrons. The molecular weight excluding hydrogens is 853 g/mol. The summed E-state index contributed by atoms with van der Waals surface area (Å²) in [4.78, 5) is 21.8. The van der Waals surface area contributed by atoms with Crippen LogP contribution >= 0.6 is 11.3 Å². The van der Waals surface area contributed by atoms with E-state index in [-0.39, 0.29) is 48.9 Å². The van der Waals surface area contributed by atoms with Crippen molar-refractivity contribution < 1.29 is 30.0 Å². The number of carbonyl (C=O) groups is 1. The van der Waals surface area contributed by atoms with E-state index in [4.69, 9.17) is 4.98 Å². The molecule has 1 radical (unpaired) electrons. The molecule has 2 heterocycles. The van der Waals surface area contributed by atoms with Gasteiger partial charge in [-0.05, 0) is 47.1 Å². The molecule has 7 heteroatoms. The van der Waals surface area contributed by atoms with E-state index < -0.39 is 8.07 Å². The first-order chi connectivity index (χ1) is 23.7. The fourth-order valence-electron chi connectivity index (χ4n) is 7.73. The zero-order valence-corrected chi connectivity index (χ0v) is 38.1. The van der Waals surface area contributed by atoms with Gasteiger partial charge in [0.05, 0.1) is 19.3 Å². The molecule has 0 amide bonds. The van der Waals surface area contributed by atoms with E-state index in [1.54, 1.807) is 6.33 Å². The Morgan fingerprint density at radius 3 is 2.00 bits per heavy atom. The molecule has 0 atom stereocenters. The molecule has 0 aliphatic carbocycles. The summed E-state index contributed by atoms with van der Waals surface area (Å²) in [7, 11) is -1.55. The van der Waals surface area contributed by atoms with E-state index >= 15 is 0 Å². The Morgan fingerprint density at radius 2 is 1.44 bits per heavy atom. The summed E-state index contributed by atoms with van der Waals surface area (Å²) in [5.74, 6) is 1.63. The van der Waals surface area contributed by atoms with E-state index in [0.717, 1.165) is 27.9 Å². The van der Waals surface area contributed by atoms with Crippen LogP contribution in [-0.4, -0.2) is 28.9 Å². The average Bonchev–Trinajstić information content (AvgIpc) is 3.36. The number of fused-ring (bicyclic) bond motifs is 4. The number of thiophene rings is 1. The minimum atomic E-state index is -1.55. The zero-order chi connectivity index (χ0) is 38.0. The van der Waals surface area contributed by atoms with Crippen molar-refractivity contribution in [3.63, 3.8) is 0 Å². The second-order valence-electron chi connectivity index (χ2n) is 18.0. The van der Waals surface area contributed by atoms with E-state index in [0.29, 0.717) is 23.7 Å². The van der Waals surface area contributed by atoms with Gasteiger partial charge in [-0.15, -0.1) is 40.1 Å². The summed E-state index contributed by atoms with van der Waals surface area (Å²) in [6, 6.07) is 21.5. The second-order valence-corrected chi connectivity index (χ2v) is 24.1. The van der Waals surface area contributed by atoms with Gasteiger partial charge in [-0.3, -0.25) is 9.78 Å². The van der Waals surface area contributed by atoms with Gasteiger partial charge < -0.3 is 5.11 Å². The number of carbonyl (C=O) groups excluding carboxylic acids is 1. The number of aliphatic hydroxyl groups is 1. The fourth-order valence-corrected chi connectivity index (χ4v) is 10.6. The topological polar surface area (TPSA) is 63.1 Å². The van der Waals surface area contributed by atoms with Gasteiger partial charge in [-0.1, -0.05) is 137 Å². The van der Waals surface area contributed by atoms with Crippen molar-refractivity contribution in [1.82, 2.24) is 9.97 Å². The van der Waals surface area contributed by atoms with Crippen LogP contribution in [0, 0.1) is 47.0 Å². The van der Waals surface area contributed by atoms with Crippen molar-refractivity contribution in [3.05, 3.63) is 78.3 Å². The minimum Gasteiger partial charge on any atom is -0.512 e. The SMILES string of the molecule is CC(C)(C)Cc1ccc2c(c1)sc1c(-c3[c-]c4ccccc4c([Si](C)(C)C)c3)ncnc12.CC(C)C(C(=O)/C=C(\O)C(C(C)C)C(C)C)C(C)C.[Ir]. The van der Waals surface area contributed by atoms with Crippen LogP contribution in [0.5, 0.6) is 0 Å². The molecule has 0 unspecified atom stereocenters. The van der Waals surface area contributed by atoms with Gasteiger partial charge in [0.1, 0.15) is 6.33 Å². The van der Waals surface area contributed by atoms with Crippen molar-refractivity contribution in [2.24, 2.45) is 40.9 Å². The molecule has 0 aliphatic heterocycles. The Balaban J connectivity index is 0.000000317. The molecule has 0 spiro atoms. The number of benzene rings is 3. The van der Waals surface area contributed by atoms with Crippen molar-refractivity contribution in [2.75, 3.05) is 0 Å². The number of allylic oxidation sites excluding steroid dienone is 2. The van der Waals surface area contributed by atoms with Crippen molar-refractivity contribution >= 4 is 61.5 Å². The maximum atomic E-state index is 12.3. The molecule has 3 aromatic carbocycles. The maximum absolute atomic E-state index is 12.3. The zero-order valence-electron chi connectivity index (χ0n) is 33.9. The monoisotopic (exact) mass is 914 g/mol. The number of ketones is 1. The van der Waals surface area contributed by atoms with Crippen molar-refractivity contribution in [1.29, 1.82) is 0 Å². The van der Waals surface area contributed by atoms with E-state index in [1.807, 2.05) is 11.3 Å². The molecule has 0 bridgehead atoms. The van der Waals surface area contributed by atoms with Gasteiger partial charge in [-0.25, -0.2) is 4.98 Å². The molecular formula is C45H61IrN2O2SSi-. The third kappa shape index (κ3) is 10.5. The summed E-state index contributed by atoms with van der Waals surface area (Å²) in [5.41, 5.74) is 4.77. The number of hydrogen-bond donors (Lipinski definition) is 1. The molecule has 1 N–H and O–H groups in total. The maximum Gasteiger partial charge on any atom is 0.162 e. The summed E-state index contributed by atoms with van der Waals surface area (Å²) in [6.07, 6.45) is 4.26. The Bertz CT molecular complexity index is 2000. The van der Waals surface area contributed by atoms with E-state index in [1.165, 1.54) is 37.7 Å². The quantitative estimate of drug-likeness (QED) is 0.0656. The van der Waals surface area contributed by atoms with Gasteiger partial charge in [0.2, 0.25) is 0 Å². The molecule has 4 nitrogen and oxygen atoms in total. The van der Waals surface area contributed by atoms with Crippen molar-refractivity contribution in [2.45, 2.75) is 102 Å². The van der Waals surface area contributed by atoms with E-state index in [9.17, 15) is 9.90 Å². The molecule has 2 aromatic heterocycles. The Morgan fingerprint density at radius 1 is 0.846 bits per heavy atom. The third-order valence-corrected chi connectivity index (χ3v) is 12.9. The standard InChI is InChI=1S/C28H29N2SSi.C17H32O2.Ir/c1-28(2,3)16-18-11-12-22-23(13-18)31-27-25(29-17-30-26(22)27)20-14-19-9-7-8-10-21(19)24(15-20)32(4,5)6;1-10(2)16(11(3)4)14(18)9-15(19)17(12(5)6)13(7)8;/h7-13,15,17H,16H2,1-6H3;9-13,16-18H,1-8H3;/q-1;;/b;14-9-;. The van der Waals surface area contributed by atoms with Crippen LogP contribution in [0.25, 0.3) is 42.3 Å². The van der Waals surface area contributed by atoms with Crippen LogP contribution in [0.1, 0.15) is 81.7 Å². The molecule has 0 fully saturated rings. The van der Waals surface area contributed by atoms with Crippen LogP contribution in [0.2, 0.25) is 19.6 Å². The predicted molar refractivity (Wildman–Crippen MR) is 225 cm³/mol. The fraction of sp³-hybridized carbons (Fsp3) is 0.489. The summed E-state index contributed by atoms with van der Waals surface area (Å²) >= 11 is 1.81. The van der Waals surface area contributed by atoms with Gasteiger partial charge >= 0.3 is 0 Å². The number of rotatable bonds is 10. The van der Waals surface area contributed by atoms with Crippen LogP contribution in [-0.2, 0) is 31.3 Å². The molecule has 5 aromatic rings. The molecule has 0 saturated heterocycles. The third-order valence-electron chi connectivity index (χ3n) is 9.72. The van der Waals surface area contributed by atoms with Crippen LogP contribution in [0.3, 0.4) is 0 Å². The smallest absolute Gasteiger partial charge is 0.162 e. The summed E-state index contributed by atoms with van der Waals surface area (Å²) < 4.78 is 2.44. The summed E-state index contributed by atoms with van der Waals surface area (Å²) in [5, 5.41) is 15.4. The average molecular weight is 914 g/mol. The van der Waals surface area contributed by atoms with Crippen LogP contribution in [0.15, 0.2) is 66.7 Å². The second kappa shape index (κ2) is 17.6. The first kappa shape index (κ1) is 43.7. The first-order valence-electron chi connectivity index (χ1n) is 18.8. The normalized spacial score (nSPS) is 12.9. The number of nitrogens with zero attached hydrogens (tertiary/aromatic N) is 2. The number of aromatic nitrogens is 2. The molecule has 52 heavy (non-hydrogen) atoms. The number of aliphatic hydroxyl groups excluding tert-OH is 1. The van der Waals surface area contributed by atoms with Gasteiger partial charge in [0, 0.05) is 58.5 Å². The predicted octanol–water partition coefficient (Wildman–Crippen LogP) is 12.4. The Labute approximate surface area is 332 Å². The largest absolute Gasteiger partial charge is 0.512 e.